The molecule has 0 spiro atoms. The van der Waals surface area contributed by atoms with E-state index in [1.54, 1.807) is 11.8 Å². The van der Waals surface area contributed by atoms with Gasteiger partial charge in [0.05, 0.1) is 12.5 Å². The molecular weight excluding hydrogens is 202 g/mol. The lowest BCUT2D eigenvalue weighted by Gasteiger charge is -2.25. The summed E-state index contributed by atoms with van der Waals surface area (Å²) in [5.41, 5.74) is 0. The summed E-state index contributed by atoms with van der Waals surface area (Å²) in [6, 6.07) is 0.355. The van der Waals surface area contributed by atoms with E-state index < -0.39 is 12.1 Å². The van der Waals surface area contributed by atoms with Crippen LogP contribution in [0, 0.1) is 0 Å². The Morgan fingerprint density at radius 3 is 2.57 bits per heavy atom. The number of thioether (sulfide) groups is 1. The molecule has 2 unspecified atom stereocenters. The van der Waals surface area contributed by atoms with E-state index in [-0.39, 0.29) is 6.42 Å². The molecule has 0 saturated carbocycles. The lowest BCUT2D eigenvalue weighted by Crippen LogP contribution is -2.38. The van der Waals surface area contributed by atoms with Crippen molar-refractivity contribution in [2.45, 2.75) is 25.5 Å². The molecule has 0 aromatic heterocycles. The Balaban J connectivity index is 3.79. The maximum Gasteiger partial charge on any atom is 0.306 e. The number of rotatable bonds is 7. The van der Waals surface area contributed by atoms with Gasteiger partial charge in [0.15, 0.2) is 0 Å². The Morgan fingerprint density at radius 1 is 1.57 bits per heavy atom. The third-order valence-corrected chi connectivity index (χ3v) is 2.89. The summed E-state index contributed by atoms with van der Waals surface area (Å²) in [6.45, 7) is 2.47. The molecule has 0 heterocycles. The van der Waals surface area contributed by atoms with Gasteiger partial charge in [-0.15, -0.1) is 0 Å². The summed E-state index contributed by atoms with van der Waals surface area (Å²) in [5, 5.41) is 17.8. The number of carbonyl (C=O) groups is 1. The molecule has 5 heteroatoms. The van der Waals surface area contributed by atoms with Crippen molar-refractivity contribution in [2.24, 2.45) is 0 Å². The highest BCUT2D eigenvalue weighted by Gasteiger charge is 2.15. The quantitative estimate of drug-likeness (QED) is 0.656. The predicted molar refractivity (Wildman–Crippen MR) is 58.7 cm³/mol. The first-order chi connectivity index (χ1) is 6.47. The van der Waals surface area contributed by atoms with Crippen LogP contribution in [0.5, 0.6) is 0 Å². The van der Waals surface area contributed by atoms with Crippen molar-refractivity contribution in [3.05, 3.63) is 0 Å². The summed E-state index contributed by atoms with van der Waals surface area (Å²) in [4.78, 5) is 12.3. The van der Waals surface area contributed by atoms with E-state index in [9.17, 15) is 9.90 Å². The summed E-state index contributed by atoms with van der Waals surface area (Å²) in [7, 11) is 1.89. The van der Waals surface area contributed by atoms with Crippen molar-refractivity contribution in [2.75, 3.05) is 25.6 Å². The lowest BCUT2D eigenvalue weighted by atomic mass is 10.2. The largest absolute Gasteiger partial charge is 0.481 e. The first-order valence-corrected chi connectivity index (χ1v) is 5.95. The second-order valence-electron chi connectivity index (χ2n) is 3.50. The fourth-order valence-corrected chi connectivity index (χ4v) is 1.88. The monoisotopic (exact) mass is 221 g/mol. The first kappa shape index (κ1) is 13.7. The minimum atomic E-state index is -0.955. The van der Waals surface area contributed by atoms with E-state index in [1.807, 2.05) is 18.2 Å². The van der Waals surface area contributed by atoms with Crippen LogP contribution in [-0.2, 0) is 4.79 Å². The second kappa shape index (κ2) is 7.09. The fourth-order valence-electron chi connectivity index (χ4n) is 1.15. The van der Waals surface area contributed by atoms with Crippen LogP contribution in [0.25, 0.3) is 0 Å². The van der Waals surface area contributed by atoms with Gasteiger partial charge in [-0.25, -0.2) is 0 Å². The van der Waals surface area contributed by atoms with Crippen LogP contribution in [0.1, 0.15) is 13.3 Å². The van der Waals surface area contributed by atoms with Crippen LogP contribution >= 0.6 is 11.8 Å². The highest BCUT2D eigenvalue weighted by Crippen LogP contribution is 2.05. The fraction of sp³-hybridized carbons (Fsp3) is 0.889. The maximum absolute atomic E-state index is 10.3. The molecule has 84 valence electrons. The third kappa shape index (κ3) is 6.23. The van der Waals surface area contributed by atoms with Crippen molar-refractivity contribution in [3.63, 3.8) is 0 Å². The minimum Gasteiger partial charge on any atom is -0.481 e. The Hall–Kier alpha value is -0.260. The molecule has 0 radical (unpaired) electrons. The van der Waals surface area contributed by atoms with Crippen molar-refractivity contribution in [3.8, 4) is 0 Å². The number of carboxylic acid groups (broad SMARTS) is 1. The van der Waals surface area contributed by atoms with E-state index in [0.29, 0.717) is 12.6 Å². The maximum atomic E-state index is 10.3. The molecule has 14 heavy (non-hydrogen) atoms. The number of carboxylic acids is 1. The van der Waals surface area contributed by atoms with E-state index in [1.165, 1.54) is 0 Å². The molecule has 2 atom stereocenters. The Bertz CT molecular complexity index is 177. The highest BCUT2D eigenvalue weighted by molar-refractivity contribution is 7.98. The van der Waals surface area contributed by atoms with Crippen molar-refractivity contribution in [1.29, 1.82) is 0 Å². The zero-order valence-corrected chi connectivity index (χ0v) is 9.75. The summed E-state index contributed by atoms with van der Waals surface area (Å²) in [5.74, 6) is 0.0273. The van der Waals surface area contributed by atoms with Gasteiger partial charge in [-0.3, -0.25) is 4.79 Å². The van der Waals surface area contributed by atoms with E-state index >= 15 is 0 Å². The molecule has 0 aliphatic carbocycles. The number of hydrogen-bond acceptors (Lipinski definition) is 4. The number of nitrogens with zero attached hydrogens (tertiary/aromatic N) is 1. The van der Waals surface area contributed by atoms with E-state index in [4.69, 9.17) is 5.11 Å². The van der Waals surface area contributed by atoms with Gasteiger partial charge in [0.2, 0.25) is 0 Å². The zero-order valence-electron chi connectivity index (χ0n) is 8.93. The molecule has 0 fully saturated rings. The van der Waals surface area contributed by atoms with Gasteiger partial charge in [0, 0.05) is 18.3 Å². The normalized spacial score (nSPS) is 15.5. The third-order valence-electron chi connectivity index (χ3n) is 2.07. The van der Waals surface area contributed by atoms with Crippen molar-refractivity contribution < 1.29 is 15.0 Å². The van der Waals surface area contributed by atoms with Crippen LogP contribution in [0.4, 0.5) is 0 Å². The number of aliphatic hydroxyl groups is 1. The summed E-state index contributed by atoms with van der Waals surface area (Å²) >= 11 is 1.74. The zero-order chi connectivity index (χ0) is 11.1. The highest BCUT2D eigenvalue weighted by atomic mass is 32.2. The lowest BCUT2D eigenvalue weighted by molar-refractivity contribution is -0.139. The average molecular weight is 221 g/mol. The molecule has 0 bridgehead atoms. The predicted octanol–water partition coefficient (Wildman–Crippen LogP) is 0.505. The van der Waals surface area contributed by atoms with Crippen LogP contribution in [0.15, 0.2) is 0 Å². The number of aliphatic carboxylic acids is 1. The summed E-state index contributed by atoms with van der Waals surface area (Å²) in [6.07, 6.45) is 1.07. The summed E-state index contributed by atoms with van der Waals surface area (Å²) < 4.78 is 0. The molecule has 0 aliphatic rings. The molecule has 4 nitrogen and oxygen atoms in total. The molecule has 0 aromatic rings. The first-order valence-electron chi connectivity index (χ1n) is 4.56. The van der Waals surface area contributed by atoms with E-state index in [2.05, 4.69) is 6.92 Å². The Morgan fingerprint density at radius 2 is 2.14 bits per heavy atom. The van der Waals surface area contributed by atoms with E-state index in [0.717, 1.165) is 5.75 Å². The van der Waals surface area contributed by atoms with Gasteiger partial charge in [-0.1, -0.05) is 0 Å². The topological polar surface area (TPSA) is 60.8 Å². The van der Waals surface area contributed by atoms with Crippen LogP contribution in [0.3, 0.4) is 0 Å². The molecule has 0 aromatic carbocycles. The molecule has 0 amide bonds. The van der Waals surface area contributed by atoms with Gasteiger partial charge in [-0.2, -0.15) is 11.8 Å². The Kier molecular flexibility index (Phi) is 6.96. The van der Waals surface area contributed by atoms with Crippen LogP contribution in [0.2, 0.25) is 0 Å². The van der Waals surface area contributed by atoms with Gasteiger partial charge in [-0.05, 0) is 20.2 Å². The van der Waals surface area contributed by atoms with Crippen LogP contribution in [-0.4, -0.2) is 58.8 Å². The van der Waals surface area contributed by atoms with Crippen LogP contribution < -0.4 is 0 Å². The Labute approximate surface area is 89.3 Å². The SMILES string of the molecule is CSCC(C)N(C)CC(O)CC(=O)O. The van der Waals surface area contributed by atoms with Crippen molar-refractivity contribution in [1.82, 2.24) is 4.90 Å². The van der Waals surface area contributed by atoms with Gasteiger partial charge in [0.25, 0.3) is 0 Å². The van der Waals surface area contributed by atoms with Gasteiger partial charge < -0.3 is 15.1 Å². The molecule has 2 N–H and O–H groups in total. The molecule has 0 saturated heterocycles. The van der Waals surface area contributed by atoms with Crippen molar-refractivity contribution >= 4 is 17.7 Å². The molecule has 0 aliphatic heterocycles. The molecule has 0 rings (SSSR count). The second-order valence-corrected chi connectivity index (χ2v) is 4.41. The van der Waals surface area contributed by atoms with Gasteiger partial charge in [0.1, 0.15) is 0 Å². The molecular formula is C9H19NO3S. The average Bonchev–Trinajstić information content (AvgIpc) is 2.02. The van der Waals surface area contributed by atoms with Gasteiger partial charge >= 0.3 is 5.97 Å². The number of likely N-dealkylation sites (N-methyl/N-ethyl adjacent to an activating group) is 1. The smallest absolute Gasteiger partial charge is 0.306 e. The number of aliphatic hydroxyl groups excluding tert-OH is 1. The number of hydrogen-bond donors (Lipinski definition) is 2. The minimum absolute atomic E-state index is 0.184. The standard InChI is InChI=1S/C9H19NO3S/c1-7(6-14-3)10(2)5-8(11)4-9(12)13/h7-8,11H,4-6H2,1-3H3,(H,12,13).